The number of carbonyl (C=O) groups excluding carboxylic acids is 1. The molecule has 4 nitrogen and oxygen atoms in total. The molecule has 1 amide bonds. The number of hydrogen-bond acceptors (Lipinski definition) is 3. The molecule has 126 valence electrons. The van der Waals surface area contributed by atoms with Gasteiger partial charge in [0.05, 0.1) is 0 Å². The topological polar surface area (TPSA) is 26.8 Å². The predicted octanol–water partition coefficient (Wildman–Crippen LogP) is 2.05. The van der Waals surface area contributed by atoms with Crippen LogP contribution in [0.4, 0.5) is 0 Å². The summed E-state index contributed by atoms with van der Waals surface area (Å²) in [6.07, 6.45) is 7.20. The Bertz CT molecular complexity index is 373. The lowest BCUT2D eigenvalue weighted by atomic mass is 9.94. The third-order valence-corrected chi connectivity index (χ3v) is 6.09. The fourth-order valence-electron chi connectivity index (χ4n) is 4.55. The highest BCUT2D eigenvalue weighted by atomic mass is 16.2. The first-order valence-electron chi connectivity index (χ1n) is 9.35. The molecule has 4 heteroatoms. The van der Waals surface area contributed by atoms with Gasteiger partial charge < -0.3 is 9.80 Å². The second-order valence-electron chi connectivity index (χ2n) is 7.86. The van der Waals surface area contributed by atoms with Gasteiger partial charge in [-0.05, 0) is 45.6 Å². The molecule has 0 radical (unpaired) electrons. The van der Waals surface area contributed by atoms with Gasteiger partial charge in [-0.15, -0.1) is 0 Å². The van der Waals surface area contributed by atoms with Crippen molar-refractivity contribution in [1.82, 2.24) is 14.7 Å². The number of likely N-dealkylation sites (N-methyl/N-ethyl adjacent to an activating group) is 1. The third-order valence-electron chi connectivity index (χ3n) is 6.09. The van der Waals surface area contributed by atoms with Gasteiger partial charge in [-0.2, -0.15) is 0 Å². The Labute approximate surface area is 135 Å². The van der Waals surface area contributed by atoms with E-state index in [-0.39, 0.29) is 0 Å². The van der Waals surface area contributed by atoms with E-state index in [0.717, 1.165) is 31.8 Å². The van der Waals surface area contributed by atoms with Gasteiger partial charge in [0.1, 0.15) is 0 Å². The van der Waals surface area contributed by atoms with Crippen molar-refractivity contribution in [3.05, 3.63) is 0 Å². The number of piperazine rings is 1. The van der Waals surface area contributed by atoms with Crippen LogP contribution in [-0.2, 0) is 4.79 Å². The quantitative estimate of drug-likeness (QED) is 0.798. The molecule has 3 aliphatic rings. The van der Waals surface area contributed by atoms with E-state index in [1.165, 1.54) is 51.9 Å². The lowest BCUT2D eigenvalue weighted by Gasteiger charge is -2.42. The molecule has 1 aliphatic carbocycles. The average molecular weight is 307 g/mol. The molecule has 1 saturated carbocycles. The SMILES string of the molecule is C[C@H]1CN(C)CCN1CC1CCN(C(=O)C2CCCC2)CC1. The molecule has 1 atom stereocenters. The summed E-state index contributed by atoms with van der Waals surface area (Å²) >= 11 is 0. The maximum absolute atomic E-state index is 12.5. The molecule has 0 spiro atoms. The second-order valence-corrected chi connectivity index (χ2v) is 7.86. The van der Waals surface area contributed by atoms with Crippen LogP contribution in [0.1, 0.15) is 45.4 Å². The van der Waals surface area contributed by atoms with Crippen molar-refractivity contribution in [2.45, 2.75) is 51.5 Å². The normalized spacial score (nSPS) is 30.1. The van der Waals surface area contributed by atoms with Gasteiger partial charge in [0, 0.05) is 51.2 Å². The monoisotopic (exact) mass is 307 g/mol. The standard InChI is InChI=1S/C18H33N3O/c1-15-13-19(2)11-12-21(15)14-16-7-9-20(10-8-16)18(22)17-5-3-4-6-17/h15-17H,3-14H2,1-2H3/t15-/m0/s1. The fourth-order valence-corrected chi connectivity index (χ4v) is 4.55. The van der Waals surface area contributed by atoms with Crippen LogP contribution in [0.15, 0.2) is 0 Å². The minimum absolute atomic E-state index is 0.356. The molecule has 0 unspecified atom stereocenters. The van der Waals surface area contributed by atoms with Crippen LogP contribution < -0.4 is 0 Å². The maximum Gasteiger partial charge on any atom is 0.225 e. The molecule has 0 bridgehead atoms. The average Bonchev–Trinajstić information content (AvgIpc) is 3.04. The highest BCUT2D eigenvalue weighted by Crippen LogP contribution is 2.29. The van der Waals surface area contributed by atoms with Crippen molar-refractivity contribution in [3.63, 3.8) is 0 Å². The van der Waals surface area contributed by atoms with Crippen LogP contribution in [0.3, 0.4) is 0 Å². The van der Waals surface area contributed by atoms with E-state index in [9.17, 15) is 4.79 Å². The molecule has 22 heavy (non-hydrogen) atoms. The van der Waals surface area contributed by atoms with Crippen molar-refractivity contribution in [2.75, 3.05) is 46.3 Å². The molecule has 0 N–H and O–H groups in total. The minimum atomic E-state index is 0.356. The largest absolute Gasteiger partial charge is 0.342 e. The molecule has 2 aliphatic heterocycles. The summed E-state index contributed by atoms with van der Waals surface area (Å²) in [4.78, 5) is 19.8. The number of carbonyl (C=O) groups is 1. The van der Waals surface area contributed by atoms with E-state index >= 15 is 0 Å². The van der Waals surface area contributed by atoms with Gasteiger partial charge >= 0.3 is 0 Å². The number of piperidine rings is 1. The van der Waals surface area contributed by atoms with Gasteiger partial charge in [-0.1, -0.05) is 12.8 Å². The van der Waals surface area contributed by atoms with E-state index < -0.39 is 0 Å². The van der Waals surface area contributed by atoms with Crippen LogP contribution in [0.25, 0.3) is 0 Å². The van der Waals surface area contributed by atoms with Gasteiger partial charge in [0.25, 0.3) is 0 Å². The molecule has 0 aromatic heterocycles. The minimum Gasteiger partial charge on any atom is -0.342 e. The van der Waals surface area contributed by atoms with Crippen molar-refractivity contribution in [2.24, 2.45) is 11.8 Å². The van der Waals surface area contributed by atoms with Gasteiger partial charge in [-0.3, -0.25) is 9.69 Å². The summed E-state index contributed by atoms with van der Waals surface area (Å²) in [6, 6.07) is 0.678. The van der Waals surface area contributed by atoms with Crippen LogP contribution >= 0.6 is 0 Å². The Morgan fingerprint density at radius 3 is 2.32 bits per heavy atom. The highest BCUT2D eigenvalue weighted by Gasteiger charge is 2.31. The first kappa shape index (κ1) is 16.3. The number of likely N-dealkylation sites (tertiary alicyclic amines) is 1. The van der Waals surface area contributed by atoms with E-state index in [0.29, 0.717) is 17.9 Å². The number of hydrogen-bond donors (Lipinski definition) is 0. The molecular formula is C18H33N3O. The summed E-state index contributed by atoms with van der Waals surface area (Å²) in [5.41, 5.74) is 0. The first-order chi connectivity index (χ1) is 10.6. The fraction of sp³-hybridized carbons (Fsp3) is 0.944. The summed E-state index contributed by atoms with van der Waals surface area (Å²) < 4.78 is 0. The Morgan fingerprint density at radius 1 is 1.00 bits per heavy atom. The van der Waals surface area contributed by atoms with E-state index in [1.54, 1.807) is 0 Å². The van der Waals surface area contributed by atoms with Crippen LogP contribution in [-0.4, -0.2) is 73.0 Å². The molecule has 3 rings (SSSR count). The summed E-state index contributed by atoms with van der Waals surface area (Å²) in [5.74, 6) is 1.61. The second kappa shape index (κ2) is 7.31. The number of nitrogens with zero attached hydrogens (tertiary/aromatic N) is 3. The highest BCUT2D eigenvalue weighted by molar-refractivity contribution is 5.79. The van der Waals surface area contributed by atoms with Crippen LogP contribution in [0, 0.1) is 11.8 Å². The lowest BCUT2D eigenvalue weighted by molar-refractivity contribution is -0.136. The summed E-state index contributed by atoms with van der Waals surface area (Å²) in [6.45, 7) is 9.19. The molecule has 2 saturated heterocycles. The maximum atomic E-state index is 12.5. The lowest BCUT2D eigenvalue weighted by Crippen LogP contribution is -2.52. The van der Waals surface area contributed by atoms with Crippen LogP contribution in [0.5, 0.6) is 0 Å². The molecule has 0 aromatic carbocycles. The zero-order valence-electron chi connectivity index (χ0n) is 14.5. The van der Waals surface area contributed by atoms with Crippen LogP contribution in [0.2, 0.25) is 0 Å². The molecule has 0 aromatic rings. The van der Waals surface area contributed by atoms with Gasteiger partial charge in [0.15, 0.2) is 0 Å². The predicted molar refractivity (Wildman–Crippen MR) is 89.8 cm³/mol. The van der Waals surface area contributed by atoms with Gasteiger partial charge in [0.2, 0.25) is 5.91 Å². The van der Waals surface area contributed by atoms with Crippen molar-refractivity contribution >= 4 is 5.91 Å². The van der Waals surface area contributed by atoms with Gasteiger partial charge in [-0.25, -0.2) is 0 Å². The Balaban J connectivity index is 1.42. The van der Waals surface area contributed by atoms with E-state index in [4.69, 9.17) is 0 Å². The molecule has 3 fully saturated rings. The number of rotatable bonds is 3. The first-order valence-corrected chi connectivity index (χ1v) is 9.35. The Hall–Kier alpha value is -0.610. The summed E-state index contributed by atoms with van der Waals surface area (Å²) in [7, 11) is 2.22. The summed E-state index contributed by atoms with van der Waals surface area (Å²) in [5, 5.41) is 0. The van der Waals surface area contributed by atoms with E-state index in [2.05, 4.69) is 28.7 Å². The van der Waals surface area contributed by atoms with Crippen molar-refractivity contribution in [1.29, 1.82) is 0 Å². The van der Waals surface area contributed by atoms with Crippen molar-refractivity contribution in [3.8, 4) is 0 Å². The Kier molecular flexibility index (Phi) is 5.40. The zero-order valence-corrected chi connectivity index (χ0v) is 14.5. The zero-order chi connectivity index (χ0) is 15.5. The number of amides is 1. The third kappa shape index (κ3) is 3.83. The molecule has 2 heterocycles. The smallest absolute Gasteiger partial charge is 0.225 e. The van der Waals surface area contributed by atoms with Crippen molar-refractivity contribution < 1.29 is 4.79 Å². The Morgan fingerprint density at radius 2 is 1.68 bits per heavy atom. The van der Waals surface area contributed by atoms with E-state index in [1.807, 2.05) is 0 Å². The molecular weight excluding hydrogens is 274 g/mol.